The van der Waals surface area contributed by atoms with E-state index in [4.69, 9.17) is 11.6 Å². The van der Waals surface area contributed by atoms with Crippen molar-refractivity contribution in [2.75, 3.05) is 0 Å². The predicted molar refractivity (Wildman–Crippen MR) is 45.2 cm³/mol. The van der Waals surface area contributed by atoms with Crippen molar-refractivity contribution in [3.05, 3.63) is 41.8 Å². The van der Waals surface area contributed by atoms with E-state index < -0.39 is 0 Å². The topological polar surface area (TPSA) is 30.7 Å². The molecule has 4 heteroatoms. The molecule has 12 heavy (non-hydrogen) atoms. The lowest BCUT2D eigenvalue weighted by atomic mass is 10.4. The lowest BCUT2D eigenvalue weighted by Gasteiger charge is -2.00. The van der Waals surface area contributed by atoms with E-state index in [0.717, 1.165) is 0 Å². The highest BCUT2D eigenvalue weighted by atomic mass is 35.5. The molecule has 2 heterocycles. The van der Waals surface area contributed by atoms with E-state index in [9.17, 15) is 0 Å². The van der Waals surface area contributed by atoms with Gasteiger partial charge in [-0.05, 0) is 12.1 Å². The molecule has 0 atom stereocenters. The second kappa shape index (κ2) is 2.95. The smallest absolute Gasteiger partial charge is 0.172 e. The van der Waals surface area contributed by atoms with Gasteiger partial charge < -0.3 is 0 Å². The summed E-state index contributed by atoms with van der Waals surface area (Å²) in [6, 6.07) is 6.30. The van der Waals surface area contributed by atoms with Gasteiger partial charge in [-0.25, -0.2) is 9.67 Å². The molecule has 0 aliphatic carbocycles. The number of halogens is 1. The van der Waals surface area contributed by atoms with Crippen LogP contribution in [0.4, 0.5) is 0 Å². The zero-order valence-electron chi connectivity index (χ0n) is 6.11. The summed E-state index contributed by atoms with van der Waals surface area (Å²) in [5.41, 5.74) is 0. The Bertz CT molecular complexity index is 370. The van der Waals surface area contributed by atoms with Gasteiger partial charge in [-0.15, -0.1) is 0 Å². The van der Waals surface area contributed by atoms with Gasteiger partial charge in [0.2, 0.25) is 0 Å². The monoisotopic (exact) mass is 178 g/mol. The molecule has 2 rings (SSSR count). The molecule has 3 nitrogen and oxygen atoms in total. The summed E-state index contributed by atoms with van der Waals surface area (Å²) in [5, 5.41) is 4.47. The van der Waals surface area contributed by atoms with Gasteiger partial charge in [0.05, 0.1) is 5.02 Å². The van der Waals surface area contributed by atoms with Crippen LogP contribution in [0.25, 0.3) is 5.82 Å². The molecule has 0 aliphatic rings. The molecule has 2 aromatic heterocycles. The van der Waals surface area contributed by atoms with Crippen LogP contribution in [-0.2, 0) is 0 Å². The van der Waals surface area contributed by atoms with Crippen LogP contribution in [0.1, 0.15) is 0 Å². The minimum Gasteiger partial charge on any atom is -0.236 e. The van der Waals surface area contributed by atoms with E-state index in [1.807, 2.05) is 6.07 Å². The van der Waals surface area contributed by atoms with Crippen LogP contribution in [0.5, 0.6) is 0 Å². The molecule has 0 unspecified atom stereocenters. The Kier molecular flexibility index (Phi) is 1.80. The minimum atomic E-state index is 0.473. The van der Waals surface area contributed by atoms with Gasteiger partial charge >= 0.3 is 0 Å². The first kappa shape index (κ1) is 7.31. The first-order valence-corrected chi connectivity index (χ1v) is 3.78. The highest BCUT2D eigenvalue weighted by molar-refractivity contribution is 6.31. The quantitative estimate of drug-likeness (QED) is 0.666. The first-order valence-electron chi connectivity index (χ1n) is 3.40. The average molecular weight is 179 g/mol. The summed E-state index contributed by atoms with van der Waals surface area (Å²) in [4.78, 5) is 4.06. The summed E-state index contributed by atoms with van der Waals surface area (Å²) < 4.78 is 1.60. The highest BCUT2D eigenvalue weighted by Gasteiger charge is 2.01. The Balaban J connectivity index is 2.55. The summed E-state index contributed by atoms with van der Waals surface area (Å²) in [6.07, 6.45) is 5.08. The standard InChI is InChI=1S/C8H5ClN3/c9-7-3-1-4-10-8(7)12-6-2-5-11-12/h1-2,4-6H. The van der Waals surface area contributed by atoms with Crippen LogP contribution in [0.15, 0.2) is 30.7 Å². The van der Waals surface area contributed by atoms with Crippen LogP contribution < -0.4 is 0 Å². The fourth-order valence-electron chi connectivity index (χ4n) is 0.893. The van der Waals surface area contributed by atoms with E-state index in [0.29, 0.717) is 10.8 Å². The van der Waals surface area contributed by atoms with Crippen molar-refractivity contribution in [1.82, 2.24) is 14.8 Å². The summed E-state index contributed by atoms with van der Waals surface area (Å²) in [5.74, 6) is 0.601. The van der Waals surface area contributed by atoms with Gasteiger partial charge in [0.15, 0.2) is 5.82 Å². The van der Waals surface area contributed by atoms with Crippen molar-refractivity contribution in [1.29, 1.82) is 0 Å². The maximum atomic E-state index is 5.84. The second-order valence-electron chi connectivity index (χ2n) is 2.18. The number of nitrogens with zero attached hydrogens (tertiary/aromatic N) is 3. The molecular weight excluding hydrogens is 174 g/mol. The zero-order chi connectivity index (χ0) is 8.39. The number of pyridine rings is 1. The molecule has 0 aromatic carbocycles. The molecule has 0 amide bonds. The zero-order valence-corrected chi connectivity index (χ0v) is 6.86. The summed E-state index contributed by atoms with van der Waals surface area (Å²) >= 11 is 5.84. The Morgan fingerprint density at radius 2 is 2.33 bits per heavy atom. The van der Waals surface area contributed by atoms with Gasteiger partial charge in [-0.1, -0.05) is 11.6 Å². The molecule has 0 bridgehead atoms. The third-order valence-electron chi connectivity index (χ3n) is 1.40. The molecule has 1 radical (unpaired) electrons. The largest absolute Gasteiger partial charge is 0.236 e. The molecule has 0 fully saturated rings. The normalized spacial score (nSPS) is 10.1. The van der Waals surface area contributed by atoms with Crippen molar-refractivity contribution in [3.63, 3.8) is 0 Å². The fraction of sp³-hybridized carbons (Fsp3) is 0. The van der Waals surface area contributed by atoms with Gasteiger partial charge in [-0.2, -0.15) is 5.10 Å². The Morgan fingerprint density at radius 3 is 3.00 bits per heavy atom. The van der Waals surface area contributed by atoms with Crippen molar-refractivity contribution in [3.8, 4) is 5.82 Å². The summed E-state index contributed by atoms with van der Waals surface area (Å²) in [7, 11) is 0. The minimum absolute atomic E-state index is 0.473. The van der Waals surface area contributed by atoms with Crippen LogP contribution in [0.3, 0.4) is 0 Å². The van der Waals surface area contributed by atoms with Crippen molar-refractivity contribution in [2.24, 2.45) is 0 Å². The third kappa shape index (κ3) is 1.19. The molecule has 0 saturated carbocycles. The van der Waals surface area contributed by atoms with E-state index in [-0.39, 0.29) is 0 Å². The van der Waals surface area contributed by atoms with Gasteiger partial charge in [-0.3, -0.25) is 0 Å². The predicted octanol–water partition coefficient (Wildman–Crippen LogP) is 1.72. The van der Waals surface area contributed by atoms with E-state index >= 15 is 0 Å². The van der Waals surface area contributed by atoms with Crippen molar-refractivity contribution < 1.29 is 0 Å². The Labute approximate surface area is 74.6 Å². The Morgan fingerprint density at radius 1 is 1.42 bits per heavy atom. The average Bonchev–Trinajstić information content (AvgIpc) is 2.57. The fourth-order valence-corrected chi connectivity index (χ4v) is 1.09. The number of hydrogen-bond donors (Lipinski definition) is 0. The van der Waals surface area contributed by atoms with Gasteiger partial charge in [0, 0.05) is 24.7 Å². The van der Waals surface area contributed by atoms with Crippen LogP contribution in [0, 0.1) is 6.07 Å². The van der Waals surface area contributed by atoms with Gasteiger partial charge in [0.25, 0.3) is 0 Å². The molecule has 0 N–H and O–H groups in total. The molecule has 0 aliphatic heterocycles. The molecule has 59 valence electrons. The molecular formula is C8H5ClN3. The lowest BCUT2D eigenvalue weighted by molar-refractivity contribution is 0.847. The van der Waals surface area contributed by atoms with E-state index in [1.165, 1.54) is 0 Å². The SMILES string of the molecule is Clc1[c]ccnc1-n1cccn1. The molecule has 0 spiro atoms. The maximum Gasteiger partial charge on any atom is 0.172 e. The number of aromatic nitrogens is 3. The molecule has 2 aromatic rings. The maximum absolute atomic E-state index is 5.84. The second-order valence-corrected chi connectivity index (χ2v) is 2.56. The van der Waals surface area contributed by atoms with E-state index in [2.05, 4.69) is 16.1 Å². The van der Waals surface area contributed by atoms with Gasteiger partial charge in [0.1, 0.15) is 0 Å². The number of hydrogen-bond acceptors (Lipinski definition) is 2. The summed E-state index contributed by atoms with van der Waals surface area (Å²) in [6.45, 7) is 0. The lowest BCUT2D eigenvalue weighted by Crippen LogP contribution is -1.97. The van der Waals surface area contributed by atoms with Crippen LogP contribution in [-0.4, -0.2) is 14.8 Å². The number of rotatable bonds is 1. The first-order chi connectivity index (χ1) is 5.88. The Hall–Kier alpha value is -1.35. The third-order valence-corrected chi connectivity index (χ3v) is 1.68. The van der Waals surface area contributed by atoms with Crippen molar-refractivity contribution in [2.45, 2.75) is 0 Å². The highest BCUT2D eigenvalue weighted by Crippen LogP contribution is 2.14. The van der Waals surface area contributed by atoms with Crippen LogP contribution >= 0.6 is 11.6 Å². The molecule has 0 saturated heterocycles. The van der Waals surface area contributed by atoms with Crippen LogP contribution in [0.2, 0.25) is 5.02 Å². The van der Waals surface area contributed by atoms with Crippen molar-refractivity contribution >= 4 is 11.6 Å². The van der Waals surface area contributed by atoms with E-state index in [1.54, 1.807) is 29.3 Å².